The Bertz CT molecular complexity index is 896. The van der Waals surface area contributed by atoms with Crippen LogP contribution in [0.5, 0.6) is 11.5 Å². The highest BCUT2D eigenvalue weighted by Crippen LogP contribution is 2.16. The summed E-state index contributed by atoms with van der Waals surface area (Å²) in [6, 6.07) is 21.3. The van der Waals surface area contributed by atoms with Crippen LogP contribution in [-0.2, 0) is 6.61 Å². The minimum absolute atomic E-state index is 0.396. The van der Waals surface area contributed by atoms with Gasteiger partial charge in [-0.15, -0.1) is 0 Å². The molecule has 0 aliphatic rings. The Morgan fingerprint density at radius 2 is 1.65 bits per heavy atom. The molecule has 0 heterocycles. The first-order valence-electron chi connectivity index (χ1n) is 8.20. The van der Waals surface area contributed by atoms with Gasteiger partial charge in [-0.3, -0.25) is 4.79 Å². The van der Waals surface area contributed by atoms with Gasteiger partial charge in [0.2, 0.25) is 0 Å². The van der Waals surface area contributed by atoms with Crippen molar-refractivity contribution in [3.05, 3.63) is 95.1 Å². The Morgan fingerprint density at radius 3 is 2.31 bits per heavy atom. The molecule has 0 bridgehead atoms. The first-order valence-corrected chi connectivity index (χ1v) is 8.20. The lowest BCUT2D eigenvalue weighted by atomic mass is 10.1. The molecule has 0 aliphatic heterocycles. The molecule has 0 radical (unpaired) electrons. The maximum absolute atomic E-state index is 12.2. The van der Waals surface area contributed by atoms with Gasteiger partial charge in [-0.1, -0.05) is 24.3 Å². The smallest absolute Gasteiger partial charge is 0.343 e. The van der Waals surface area contributed by atoms with Crippen molar-refractivity contribution in [3.8, 4) is 11.5 Å². The van der Waals surface area contributed by atoms with Crippen LogP contribution in [0, 0.1) is 6.92 Å². The summed E-state index contributed by atoms with van der Waals surface area (Å²) < 4.78 is 11.0. The second-order valence-electron chi connectivity index (χ2n) is 5.88. The predicted molar refractivity (Wildman–Crippen MR) is 98.7 cm³/mol. The molecule has 0 aliphatic carbocycles. The van der Waals surface area contributed by atoms with Crippen molar-refractivity contribution in [2.75, 3.05) is 0 Å². The number of rotatable bonds is 6. The third kappa shape index (κ3) is 4.57. The van der Waals surface area contributed by atoms with Crippen LogP contribution in [0.3, 0.4) is 0 Å². The van der Waals surface area contributed by atoms with Crippen LogP contribution in [0.1, 0.15) is 31.8 Å². The SMILES string of the molecule is Cc1cccc(OCc2ccc(C(=O)Oc3ccc(C=O)cc3)cc2)c1. The summed E-state index contributed by atoms with van der Waals surface area (Å²) >= 11 is 0. The molecule has 0 unspecified atom stereocenters. The van der Waals surface area contributed by atoms with E-state index in [-0.39, 0.29) is 0 Å². The summed E-state index contributed by atoms with van der Waals surface area (Å²) in [5.74, 6) is 0.759. The van der Waals surface area contributed by atoms with Crippen LogP contribution in [-0.4, -0.2) is 12.3 Å². The highest BCUT2D eigenvalue weighted by Gasteiger charge is 2.09. The Kier molecular flexibility index (Phi) is 5.44. The Labute approximate surface area is 152 Å². The minimum Gasteiger partial charge on any atom is -0.489 e. The maximum atomic E-state index is 12.2. The van der Waals surface area contributed by atoms with Crippen LogP contribution in [0.15, 0.2) is 72.8 Å². The van der Waals surface area contributed by atoms with Gasteiger partial charge in [0, 0.05) is 5.56 Å². The van der Waals surface area contributed by atoms with E-state index >= 15 is 0 Å². The van der Waals surface area contributed by atoms with Gasteiger partial charge in [-0.2, -0.15) is 0 Å². The minimum atomic E-state index is -0.449. The van der Waals surface area contributed by atoms with Crippen molar-refractivity contribution >= 4 is 12.3 Å². The fraction of sp³-hybridized carbons (Fsp3) is 0.0909. The fourth-order valence-electron chi connectivity index (χ4n) is 2.39. The van der Waals surface area contributed by atoms with Crippen LogP contribution in [0.2, 0.25) is 0 Å². The summed E-state index contributed by atoms with van der Waals surface area (Å²) in [5.41, 5.74) is 3.08. The molecule has 3 aromatic rings. The molecule has 3 aromatic carbocycles. The van der Waals surface area contributed by atoms with Crippen molar-refractivity contribution in [2.45, 2.75) is 13.5 Å². The van der Waals surface area contributed by atoms with Crippen molar-refractivity contribution in [2.24, 2.45) is 0 Å². The van der Waals surface area contributed by atoms with E-state index in [1.807, 2.05) is 43.3 Å². The number of aryl methyl sites for hydroxylation is 1. The maximum Gasteiger partial charge on any atom is 0.343 e. The summed E-state index contributed by atoms with van der Waals surface area (Å²) in [6.07, 6.45) is 0.739. The number of ether oxygens (including phenoxy) is 2. The van der Waals surface area contributed by atoms with Gasteiger partial charge >= 0.3 is 5.97 Å². The lowest BCUT2D eigenvalue weighted by molar-refractivity contribution is 0.0734. The van der Waals surface area contributed by atoms with Crippen molar-refractivity contribution < 1.29 is 19.1 Å². The molecule has 0 saturated carbocycles. The molecule has 0 amide bonds. The number of hydrogen-bond acceptors (Lipinski definition) is 4. The molecule has 0 spiro atoms. The lowest BCUT2D eigenvalue weighted by Gasteiger charge is -2.08. The number of esters is 1. The molecule has 0 N–H and O–H groups in total. The quantitative estimate of drug-likeness (QED) is 0.372. The monoisotopic (exact) mass is 346 g/mol. The molecular formula is C22H18O4. The molecule has 3 rings (SSSR count). The van der Waals surface area contributed by atoms with Gasteiger partial charge in [-0.05, 0) is 66.6 Å². The van der Waals surface area contributed by atoms with E-state index in [0.29, 0.717) is 23.5 Å². The van der Waals surface area contributed by atoms with E-state index in [0.717, 1.165) is 23.2 Å². The van der Waals surface area contributed by atoms with Crippen LogP contribution < -0.4 is 9.47 Å². The van der Waals surface area contributed by atoms with Crippen LogP contribution >= 0.6 is 0 Å². The van der Waals surface area contributed by atoms with Gasteiger partial charge in [-0.25, -0.2) is 4.79 Å². The molecule has 4 nitrogen and oxygen atoms in total. The lowest BCUT2D eigenvalue weighted by Crippen LogP contribution is -2.08. The zero-order valence-corrected chi connectivity index (χ0v) is 14.3. The van der Waals surface area contributed by atoms with Crippen LogP contribution in [0.25, 0.3) is 0 Å². The van der Waals surface area contributed by atoms with E-state index in [4.69, 9.17) is 9.47 Å². The largest absolute Gasteiger partial charge is 0.489 e. The molecule has 0 atom stereocenters. The van der Waals surface area contributed by atoms with Crippen molar-refractivity contribution in [1.29, 1.82) is 0 Å². The number of hydrogen-bond donors (Lipinski definition) is 0. The van der Waals surface area contributed by atoms with Crippen molar-refractivity contribution in [3.63, 3.8) is 0 Å². The second-order valence-corrected chi connectivity index (χ2v) is 5.88. The standard InChI is InChI=1S/C22H18O4/c1-16-3-2-4-21(13-16)25-15-18-5-9-19(10-6-18)22(24)26-20-11-7-17(14-23)8-12-20/h2-14H,15H2,1H3. The highest BCUT2D eigenvalue weighted by atomic mass is 16.5. The number of carbonyl (C=O) groups is 2. The fourth-order valence-corrected chi connectivity index (χ4v) is 2.39. The third-order valence-corrected chi connectivity index (χ3v) is 3.81. The molecule has 4 heteroatoms. The predicted octanol–water partition coefficient (Wildman–Crippen LogP) is 4.61. The van der Waals surface area contributed by atoms with Gasteiger partial charge in [0.05, 0.1) is 5.56 Å². The van der Waals surface area contributed by atoms with Crippen LogP contribution in [0.4, 0.5) is 0 Å². The summed E-state index contributed by atoms with van der Waals surface area (Å²) in [7, 11) is 0. The van der Waals surface area contributed by atoms with E-state index in [1.165, 1.54) is 0 Å². The summed E-state index contributed by atoms with van der Waals surface area (Å²) in [6.45, 7) is 2.44. The Balaban J connectivity index is 1.59. The molecule has 130 valence electrons. The summed E-state index contributed by atoms with van der Waals surface area (Å²) in [5, 5.41) is 0. The average Bonchev–Trinajstić information content (AvgIpc) is 2.67. The number of benzene rings is 3. The highest BCUT2D eigenvalue weighted by molar-refractivity contribution is 5.91. The molecular weight excluding hydrogens is 328 g/mol. The molecule has 26 heavy (non-hydrogen) atoms. The molecule has 0 aromatic heterocycles. The van der Waals surface area contributed by atoms with Crippen molar-refractivity contribution in [1.82, 2.24) is 0 Å². The van der Waals surface area contributed by atoms with Gasteiger partial charge in [0.15, 0.2) is 0 Å². The molecule has 0 saturated heterocycles. The van der Waals surface area contributed by atoms with Gasteiger partial charge < -0.3 is 9.47 Å². The zero-order chi connectivity index (χ0) is 18.4. The summed E-state index contributed by atoms with van der Waals surface area (Å²) in [4.78, 5) is 22.8. The van der Waals surface area contributed by atoms with E-state index in [1.54, 1.807) is 36.4 Å². The first kappa shape index (κ1) is 17.4. The second kappa shape index (κ2) is 8.12. The van der Waals surface area contributed by atoms with E-state index in [9.17, 15) is 9.59 Å². The average molecular weight is 346 g/mol. The van der Waals surface area contributed by atoms with Gasteiger partial charge in [0.25, 0.3) is 0 Å². The zero-order valence-electron chi connectivity index (χ0n) is 14.3. The number of carbonyl (C=O) groups excluding carboxylic acids is 2. The number of aldehydes is 1. The van der Waals surface area contributed by atoms with E-state index < -0.39 is 5.97 Å². The Hall–Kier alpha value is -3.40. The van der Waals surface area contributed by atoms with Gasteiger partial charge in [0.1, 0.15) is 24.4 Å². The third-order valence-electron chi connectivity index (χ3n) is 3.81. The first-order chi connectivity index (χ1) is 12.6. The van der Waals surface area contributed by atoms with E-state index in [2.05, 4.69) is 0 Å². The topological polar surface area (TPSA) is 52.6 Å². The Morgan fingerprint density at radius 1 is 0.923 bits per heavy atom. The molecule has 0 fully saturated rings. The normalized spacial score (nSPS) is 10.2.